The van der Waals surface area contributed by atoms with Crippen molar-refractivity contribution in [3.8, 4) is 0 Å². The molecule has 2 aliphatic carbocycles. The summed E-state index contributed by atoms with van der Waals surface area (Å²) >= 11 is 0. The van der Waals surface area contributed by atoms with E-state index in [1.54, 1.807) is 6.26 Å². The Morgan fingerprint density at radius 2 is 2.07 bits per heavy atom. The fourth-order valence-electron chi connectivity index (χ4n) is 6.53. The lowest BCUT2D eigenvalue weighted by Crippen LogP contribution is -2.56. The number of fused-ring (bicyclic) bond motifs is 1. The van der Waals surface area contributed by atoms with Gasteiger partial charge in [0.05, 0.1) is 12.5 Å². The molecular weight excluding hydrogens is 372 g/mol. The molecule has 0 aromatic carbocycles. The van der Waals surface area contributed by atoms with E-state index in [-0.39, 0.29) is 16.7 Å². The Labute approximate surface area is 183 Å². The monoisotopic (exact) mass is 414 g/mol. The van der Waals surface area contributed by atoms with Crippen molar-refractivity contribution in [3.63, 3.8) is 0 Å². The fraction of sp³-hybridized carbons (Fsp3) is 0.731. The molecule has 0 radical (unpaired) electrons. The average Bonchev–Trinajstić information content (AvgIpc) is 3.23. The zero-order valence-electron chi connectivity index (χ0n) is 19.2. The molecule has 168 valence electrons. The van der Waals surface area contributed by atoms with E-state index in [0.717, 1.165) is 77.3 Å². The largest absolute Gasteiger partial charge is 0.472 e. The number of hydrogen-bond donors (Lipinski definition) is 2. The third-order valence-electron chi connectivity index (χ3n) is 8.26. The molecule has 1 amide bonds. The number of allylic oxidation sites excluding steroid dienone is 1. The van der Waals surface area contributed by atoms with Crippen molar-refractivity contribution in [2.24, 2.45) is 28.4 Å². The number of rotatable bonds is 10. The zero-order chi connectivity index (χ0) is 21.6. The van der Waals surface area contributed by atoms with Crippen molar-refractivity contribution in [1.82, 2.24) is 5.32 Å². The third kappa shape index (κ3) is 4.85. The van der Waals surface area contributed by atoms with E-state index in [9.17, 15) is 4.79 Å². The van der Waals surface area contributed by atoms with Gasteiger partial charge < -0.3 is 15.5 Å². The highest BCUT2D eigenvalue weighted by atomic mass is 16.3. The highest BCUT2D eigenvalue weighted by Gasteiger charge is 2.56. The normalized spacial score (nSPS) is 31.4. The Hall–Kier alpha value is -1.55. The lowest BCUT2D eigenvalue weighted by molar-refractivity contribution is -0.146. The van der Waals surface area contributed by atoms with Crippen LogP contribution < -0.4 is 11.1 Å². The molecule has 1 heterocycles. The summed E-state index contributed by atoms with van der Waals surface area (Å²) in [6.07, 6.45) is 15.7. The highest BCUT2D eigenvalue weighted by molar-refractivity contribution is 5.83. The van der Waals surface area contributed by atoms with E-state index in [4.69, 9.17) is 10.2 Å². The van der Waals surface area contributed by atoms with Gasteiger partial charge in [-0.1, -0.05) is 45.3 Å². The second kappa shape index (κ2) is 10.2. The van der Waals surface area contributed by atoms with Gasteiger partial charge in [-0.25, -0.2) is 0 Å². The molecule has 3 rings (SSSR count). The van der Waals surface area contributed by atoms with Gasteiger partial charge in [0.1, 0.15) is 0 Å². The second-order valence-electron chi connectivity index (χ2n) is 10.2. The van der Waals surface area contributed by atoms with Gasteiger partial charge in [-0.15, -0.1) is 0 Å². The van der Waals surface area contributed by atoms with E-state index in [0.29, 0.717) is 11.8 Å². The van der Waals surface area contributed by atoms with Gasteiger partial charge in [-0.3, -0.25) is 4.79 Å². The number of hydrogen-bond acceptors (Lipinski definition) is 3. The summed E-state index contributed by atoms with van der Waals surface area (Å²) in [6.45, 7) is 10.7. The van der Waals surface area contributed by atoms with Gasteiger partial charge in [0, 0.05) is 12.0 Å². The smallest absolute Gasteiger partial charge is 0.226 e. The van der Waals surface area contributed by atoms with Gasteiger partial charge in [0.15, 0.2) is 0 Å². The van der Waals surface area contributed by atoms with Crippen LogP contribution >= 0.6 is 0 Å². The van der Waals surface area contributed by atoms with Crippen molar-refractivity contribution in [2.45, 2.75) is 84.5 Å². The van der Waals surface area contributed by atoms with Crippen LogP contribution in [-0.2, 0) is 11.2 Å². The van der Waals surface area contributed by atoms with E-state index < -0.39 is 0 Å². The Balaban J connectivity index is 1.65. The molecule has 0 saturated heterocycles. The first kappa shape index (κ1) is 23.1. The predicted octanol–water partition coefficient (Wildman–Crippen LogP) is 5.63. The fourth-order valence-corrected chi connectivity index (χ4v) is 6.53. The number of furan rings is 1. The van der Waals surface area contributed by atoms with Gasteiger partial charge in [-0.2, -0.15) is 0 Å². The number of nitrogens with one attached hydrogen (secondary N) is 1. The maximum absolute atomic E-state index is 13.4. The lowest BCUT2D eigenvalue weighted by atomic mass is 9.46. The maximum atomic E-state index is 13.4. The van der Waals surface area contributed by atoms with Crippen LogP contribution in [0.3, 0.4) is 0 Å². The molecule has 2 fully saturated rings. The topological polar surface area (TPSA) is 68.3 Å². The molecule has 0 unspecified atom stereocenters. The van der Waals surface area contributed by atoms with Crippen LogP contribution in [0.15, 0.2) is 35.2 Å². The highest BCUT2D eigenvalue weighted by Crippen LogP contribution is 2.61. The minimum atomic E-state index is -0.265. The molecule has 0 spiro atoms. The molecule has 2 saturated carbocycles. The number of nitrogens with two attached hydrogens (primary N) is 1. The summed E-state index contributed by atoms with van der Waals surface area (Å²) < 4.78 is 5.26. The second-order valence-corrected chi connectivity index (χ2v) is 10.2. The maximum Gasteiger partial charge on any atom is 0.226 e. The first-order valence-electron chi connectivity index (χ1n) is 12.1. The van der Waals surface area contributed by atoms with Crippen molar-refractivity contribution in [2.75, 3.05) is 13.1 Å². The minimum absolute atomic E-state index is 0.157. The third-order valence-corrected chi connectivity index (χ3v) is 8.26. The number of carbonyl (C=O) groups excluding carboxylic acids is 1. The molecule has 1 aromatic heterocycles. The first-order chi connectivity index (χ1) is 14.4. The Kier molecular flexibility index (Phi) is 7.84. The SMILES string of the molecule is C=C1CC[C@H]2[C@@](C)(CCC[C@@]2(C)C(=O)NCCCCCCN)[C@H]1CCc1ccoc1. The van der Waals surface area contributed by atoms with Crippen LogP contribution in [0.4, 0.5) is 0 Å². The van der Waals surface area contributed by atoms with Crippen LogP contribution in [0.1, 0.15) is 83.6 Å². The standard InChI is InChI=1S/C26H42N2O2/c1-20-9-12-23-25(2,22(20)11-10-21-13-18-30-19-21)14-8-15-26(23,3)24(29)28-17-7-5-4-6-16-27/h13,18-19,22-23H,1,4-12,14-17,27H2,2-3H3,(H,28,29)/t22-,23-,25-,26+/m0/s1. The van der Waals surface area contributed by atoms with Crippen molar-refractivity contribution < 1.29 is 9.21 Å². The first-order valence-corrected chi connectivity index (χ1v) is 12.1. The van der Waals surface area contributed by atoms with Crippen LogP contribution in [-0.4, -0.2) is 19.0 Å². The van der Waals surface area contributed by atoms with Crippen LogP contribution in [0, 0.1) is 22.7 Å². The molecular formula is C26H42N2O2. The van der Waals surface area contributed by atoms with Crippen molar-refractivity contribution in [3.05, 3.63) is 36.3 Å². The number of aryl methyl sites for hydroxylation is 1. The molecule has 0 bridgehead atoms. The summed E-state index contributed by atoms with van der Waals surface area (Å²) in [6, 6.07) is 2.07. The van der Waals surface area contributed by atoms with E-state index in [2.05, 4.69) is 31.8 Å². The summed E-state index contributed by atoms with van der Waals surface area (Å²) in [7, 11) is 0. The van der Waals surface area contributed by atoms with Gasteiger partial charge >= 0.3 is 0 Å². The quantitative estimate of drug-likeness (QED) is 0.385. The summed E-state index contributed by atoms with van der Waals surface area (Å²) in [4.78, 5) is 13.4. The molecule has 2 aliphatic rings. The van der Waals surface area contributed by atoms with Crippen LogP contribution in [0.25, 0.3) is 0 Å². The molecule has 1 aromatic rings. The Bertz CT molecular complexity index is 698. The van der Waals surface area contributed by atoms with E-state index >= 15 is 0 Å². The molecule has 4 heteroatoms. The predicted molar refractivity (Wildman–Crippen MR) is 123 cm³/mol. The van der Waals surface area contributed by atoms with E-state index in [1.165, 1.54) is 17.6 Å². The minimum Gasteiger partial charge on any atom is -0.472 e. The lowest BCUT2D eigenvalue weighted by Gasteiger charge is -2.58. The number of amides is 1. The molecule has 0 aliphatic heterocycles. The summed E-state index contributed by atoms with van der Waals surface area (Å²) in [5, 5.41) is 3.30. The van der Waals surface area contributed by atoms with Crippen molar-refractivity contribution >= 4 is 5.91 Å². The molecule has 4 nitrogen and oxygen atoms in total. The Morgan fingerprint density at radius 1 is 1.27 bits per heavy atom. The number of unbranched alkanes of at least 4 members (excludes halogenated alkanes) is 3. The molecule has 30 heavy (non-hydrogen) atoms. The van der Waals surface area contributed by atoms with E-state index in [1.807, 2.05) is 6.26 Å². The average molecular weight is 415 g/mol. The molecule has 3 N–H and O–H groups in total. The number of carbonyl (C=O) groups is 1. The van der Waals surface area contributed by atoms with Crippen LogP contribution in [0.5, 0.6) is 0 Å². The van der Waals surface area contributed by atoms with Gasteiger partial charge in [-0.05, 0) is 86.8 Å². The van der Waals surface area contributed by atoms with Crippen LogP contribution in [0.2, 0.25) is 0 Å². The zero-order valence-corrected chi connectivity index (χ0v) is 19.2. The summed E-state index contributed by atoms with van der Waals surface area (Å²) in [5.74, 6) is 1.18. The van der Waals surface area contributed by atoms with Gasteiger partial charge in [0.25, 0.3) is 0 Å². The molecule has 4 atom stereocenters. The van der Waals surface area contributed by atoms with Gasteiger partial charge in [0.2, 0.25) is 5.91 Å². The summed E-state index contributed by atoms with van der Waals surface area (Å²) in [5.41, 5.74) is 8.12. The van der Waals surface area contributed by atoms with Crippen molar-refractivity contribution in [1.29, 1.82) is 0 Å². The Morgan fingerprint density at radius 3 is 2.80 bits per heavy atom.